The minimum Gasteiger partial charge on any atom is -0.497 e. The van der Waals surface area contributed by atoms with Gasteiger partial charge in [0.05, 0.1) is 19.6 Å². The third-order valence-corrected chi connectivity index (χ3v) is 7.53. The summed E-state index contributed by atoms with van der Waals surface area (Å²) in [4.78, 5) is 46.4. The highest BCUT2D eigenvalue weighted by Gasteiger charge is 2.39. The van der Waals surface area contributed by atoms with Crippen LogP contribution in [0.3, 0.4) is 0 Å². The smallest absolute Gasteiger partial charge is 0.324 e. The number of fused-ring (bicyclic) bond motifs is 4. The number of H-pyrrole nitrogens is 2. The van der Waals surface area contributed by atoms with E-state index in [1.807, 2.05) is 48.7 Å². The summed E-state index contributed by atoms with van der Waals surface area (Å²) in [6.45, 7) is 0.259. The number of ether oxygens (including phenoxy) is 1. The van der Waals surface area contributed by atoms with Crippen LogP contribution in [0, 0.1) is 0 Å². The lowest BCUT2D eigenvalue weighted by Crippen LogP contribution is -2.38. The van der Waals surface area contributed by atoms with Crippen molar-refractivity contribution in [2.45, 2.75) is 44.2 Å². The molecule has 2 atom stereocenters. The van der Waals surface area contributed by atoms with E-state index in [4.69, 9.17) is 4.74 Å². The monoisotopic (exact) mass is 499 g/mol. The van der Waals surface area contributed by atoms with Crippen molar-refractivity contribution in [1.29, 1.82) is 0 Å². The first-order chi connectivity index (χ1) is 18.0. The Hall–Kier alpha value is -4.27. The maximum atomic E-state index is 13.0. The molecule has 9 heteroatoms. The van der Waals surface area contributed by atoms with Gasteiger partial charge in [-0.15, -0.1) is 0 Å². The van der Waals surface area contributed by atoms with E-state index in [1.165, 1.54) is 10.5 Å². The zero-order valence-electron chi connectivity index (χ0n) is 20.6. The number of rotatable bonds is 7. The number of aromatic amines is 2. The summed E-state index contributed by atoms with van der Waals surface area (Å²) in [5, 5.41) is 7.96. The van der Waals surface area contributed by atoms with Gasteiger partial charge in [0.2, 0.25) is 5.91 Å². The minimum atomic E-state index is -0.856. The molecule has 1 aliphatic heterocycles. The van der Waals surface area contributed by atoms with Crippen LogP contribution in [-0.4, -0.2) is 52.4 Å². The van der Waals surface area contributed by atoms with Crippen LogP contribution in [-0.2, 0) is 22.4 Å². The number of para-hydroxylation sites is 1. The summed E-state index contributed by atoms with van der Waals surface area (Å²) in [7, 11) is 1.65. The first-order valence-electron chi connectivity index (χ1n) is 12.7. The molecule has 1 fully saturated rings. The van der Waals surface area contributed by atoms with Crippen LogP contribution in [0.2, 0.25) is 0 Å². The average Bonchev–Trinajstić information content (AvgIpc) is 3.57. The molecule has 2 aliphatic rings. The topological polar surface area (TPSA) is 119 Å². The predicted octanol–water partition coefficient (Wildman–Crippen LogP) is 3.70. The second kappa shape index (κ2) is 9.31. The molecule has 37 heavy (non-hydrogen) atoms. The van der Waals surface area contributed by atoms with Gasteiger partial charge in [0, 0.05) is 40.2 Å². The van der Waals surface area contributed by atoms with Crippen molar-refractivity contribution in [2.24, 2.45) is 0 Å². The summed E-state index contributed by atoms with van der Waals surface area (Å²) < 4.78 is 5.38. The van der Waals surface area contributed by atoms with Crippen molar-refractivity contribution in [3.63, 3.8) is 0 Å². The second-order valence-electron chi connectivity index (χ2n) is 9.75. The van der Waals surface area contributed by atoms with E-state index in [1.54, 1.807) is 7.11 Å². The molecule has 9 nitrogen and oxygen atoms in total. The number of carbonyl (C=O) groups is 3. The van der Waals surface area contributed by atoms with Gasteiger partial charge >= 0.3 is 6.03 Å². The number of aryl methyl sites for hydroxylation is 1. The van der Waals surface area contributed by atoms with E-state index in [9.17, 15) is 14.4 Å². The fourth-order valence-electron chi connectivity index (χ4n) is 5.65. The molecular weight excluding hydrogens is 470 g/mol. The first-order valence-corrected chi connectivity index (χ1v) is 12.7. The Morgan fingerprint density at radius 1 is 1.14 bits per heavy atom. The van der Waals surface area contributed by atoms with E-state index < -0.39 is 12.1 Å². The first kappa shape index (κ1) is 23.1. The summed E-state index contributed by atoms with van der Waals surface area (Å²) >= 11 is 0. The molecule has 4 N–H and O–H groups in total. The Bertz CT molecular complexity index is 1520. The number of aromatic nitrogens is 2. The van der Waals surface area contributed by atoms with Crippen molar-refractivity contribution < 1.29 is 19.1 Å². The third-order valence-electron chi connectivity index (χ3n) is 7.53. The Labute approximate surface area is 213 Å². The third kappa shape index (κ3) is 4.20. The van der Waals surface area contributed by atoms with Crippen LogP contribution >= 0.6 is 0 Å². The maximum absolute atomic E-state index is 13.0. The lowest BCUT2D eigenvalue weighted by Gasteiger charge is -2.24. The SMILES string of the molecule is COc1ccc2[nH]c3c(c2c1)CCC[C@@H]3NC(=O)C[C@H]1NC(=O)N(CCc2c[nH]c3ccccc23)C1=O. The maximum Gasteiger partial charge on any atom is 0.324 e. The highest BCUT2D eigenvalue weighted by Crippen LogP contribution is 2.36. The zero-order valence-corrected chi connectivity index (χ0v) is 20.6. The molecule has 2 aromatic carbocycles. The molecule has 0 radical (unpaired) electrons. The number of hydrogen-bond acceptors (Lipinski definition) is 4. The minimum absolute atomic E-state index is 0.0892. The van der Waals surface area contributed by atoms with Gasteiger partial charge in [-0.25, -0.2) is 4.79 Å². The van der Waals surface area contributed by atoms with Gasteiger partial charge in [0.25, 0.3) is 5.91 Å². The van der Waals surface area contributed by atoms with Crippen LogP contribution in [0.5, 0.6) is 5.75 Å². The molecule has 0 unspecified atom stereocenters. The molecule has 4 amide bonds. The highest BCUT2D eigenvalue weighted by molar-refractivity contribution is 6.06. The quantitative estimate of drug-likeness (QED) is 0.290. The lowest BCUT2D eigenvalue weighted by molar-refractivity contribution is -0.131. The molecule has 190 valence electrons. The van der Waals surface area contributed by atoms with Crippen LogP contribution in [0.4, 0.5) is 4.79 Å². The van der Waals surface area contributed by atoms with E-state index in [-0.39, 0.29) is 30.8 Å². The fraction of sp³-hybridized carbons (Fsp3) is 0.321. The lowest BCUT2D eigenvalue weighted by atomic mass is 9.91. The number of methoxy groups -OCH3 is 1. The number of nitrogens with one attached hydrogen (secondary N) is 4. The number of hydrogen-bond donors (Lipinski definition) is 4. The van der Waals surface area contributed by atoms with Gasteiger partial charge in [0.1, 0.15) is 11.8 Å². The molecule has 3 heterocycles. The number of imide groups is 1. The number of nitrogens with zero attached hydrogens (tertiary/aromatic N) is 1. The number of benzene rings is 2. The van der Waals surface area contributed by atoms with E-state index in [0.29, 0.717) is 6.42 Å². The predicted molar refractivity (Wildman–Crippen MR) is 139 cm³/mol. The van der Waals surface area contributed by atoms with Crippen LogP contribution in [0.15, 0.2) is 48.7 Å². The number of amides is 4. The molecule has 4 aromatic rings. The van der Waals surface area contributed by atoms with E-state index >= 15 is 0 Å². The number of urea groups is 1. The van der Waals surface area contributed by atoms with E-state index in [2.05, 4.69) is 20.6 Å². The standard InChI is InChI=1S/C28H29N5O4/c1-37-17-9-10-22-20(13-17)19-6-4-8-23(26(19)31-22)30-25(34)14-24-27(35)33(28(36)32-24)12-11-16-15-29-21-7-3-2-5-18(16)21/h2-3,5,7,9-10,13,15,23-24,29,31H,4,6,8,11-12,14H2,1H3,(H,30,34)(H,32,36)/t23-,24+/m0/s1. The van der Waals surface area contributed by atoms with Crippen LogP contribution in [0.1, 0.15) is 42.1 Å². The molecular formula is C28H29N5O4. The summed E-state index contributed by atoms with van der Waals surface area (Å²) in [5.74, 6) is 0.179. The second-order valence-corrected chi connectivity index (χ2v) is 9.75. The normalized spacial score (nSPS) is 19.3. The van der Waals surface area contributed by atoms with Gasteiger partial charge in [0.15, 0.2) is 0 Å². The Morgan fingerprint density at radius 3 is 2.86 bits per heavy atom. The zero-order chi connectivity index (χ0) is 25.5. The number of carbonyl (C=O) groups excluding carboxylic acids is 3. The molecule has 0 bridgehead atoms. The van der Waals surface area contributed by atoms with Gasteiger partial charge in [-0.05, 0) is 61.1 Å². The van der Waals surface area contributed by atoms with Crippen LogP contribution < -0.4 is 15.4 Å². The van der Waals surface area contributed by atoms with Crippen molar-refractivity contribution >= 4 is 39.7 Å². The molecule has 1 saturated heterocycles. The fourth-order valence-corrected chi connectivity index (χ4v) is 5.65. The Morgan fingerprint density at radius 2 is 2.00 bits per heavy atom. The highest BCUT2D eigenvalue weighted by atomic mass is 16.5. The summed E-state index contributed by atoms with van der Waals surface area (Å²) in [5.41, 5.74) is 5.27. The van der Waals surface area contributed by atoms with Crippen molar-refractivity contribution in [3.05, 3.63) is 65.5 Å². The molecule has 0 spiro atoms. The Balaban J connectivity index is 1.10. The van der Waals surface area contributed by atoms with Crippen molar-refractivity contribution in [2.75, 3.05) is 13.7 Å². The molecule has 2 aromatic heterocycles. The van der Waals surface area contributed by atoms with Crippen molar-refractivity contribution in [3.8, 4) is 5.75 Å². The van der Waals surface area contributed by atoms with E-state index in [0.717, 1.165) is 58.1 Å². The van der Waals surface area contributed by atoms with Gasteiger partial charge in [-0.2, -0.15) is 0 Å². The molecule has 1 aliphatic carbocycles. The molecule has 0 saturated carbocycles. The summed E-state index contributed by atoms with van der Waals surface area (Å²) in [6, 6.07) is 12.4. The largest absolute Gasteiger partial charge is 0.497 e. The van der Waals surface area contributed by atoms with Crippen molar-refractivity contribution in [1.82, 2.24) is 25.5 Å². The molecule has 6 rings (SSSR count). The average molecular weight is 500 g/mol. The summed E-state index contributed by atoms with van der Waals surface area (Å²) in [6.07, 6.45) is 5.05. The van der Waals surface area contributed by atoms with Crippen LogP contribution in [0.25, 0.3) is 21.8 Å². The van der Waals surface area contributed by atoms with Gasteiger partial charge < -0.3 is 25.3 Å². The van der Waals surface area contributed by atoms with Gasteiger partial charge in [-0.1, -0.05) is 18.2 Å². The van der Waals surface area contributed by atoms with Gasteiger partial charge in [-0.3, -0.25) is 14.5 Å². The Kier molecular flexibility index (Phi) is 5.82.